The van der Waals surface area contributed by atoms with E-state index >= 15 is 0 Å². The van der Waals surface area contributed by atoms with Crippen LogP contribution in [0, 0.1) is 0 Å². The maximum absolute atomic E-state index is 12.3. The van der Waals surface area contributed by atoms with Crippen LogP contribution in [0.4, 0.5) is 10.6 Å². The number of carbonyl (C=O) groups excluding carboxylic acids is 1. The third kappa shape index (κ3) is 4.22. The van der Waals surface area contributed by atoms with Gasteiger partial charge in [0.25, 0.3) is 0 Å². The molecule has 6 heteroatoms. The molecule has 2 aromatic rings. The summed E-state index contributed by atoms with van der Waals surface area (Å²) in [5, 5.41) is 6.04. The fraction of sp³-hybridized carbons (Fsp3) is 0.429. The van der Waals surface area contributed by atoms with Crippen LogP contribution in [-0.2, 0) is 13.0 Å². The molecule has 0 bridgehead atoms. The molecular weight excluding hydrogens is 338 g/mol. The molecule has 1 atom stereocenters. The Kier molecular flexibility index (Phi) is 5.25. The van der Waals surface area contributed by atoms with Gasteiger partial charge in [0.15, 0.2) is 0 Å². The predicted molar refractivity (Wildman–Crippen MR) is 107 cm³/mol. The summed E-state index contributed by atoms with van der Waals surface area (Å²) < 4.78 is 0. The highest BCUT2D eigenvalue weighted by Crippen LogP contribution is 2.30. The highest BCUT2D eigenvalue weighted by atomic mass is 16.2. The number of fused-ring (bicyclic) bond motifs is 1. The topological polar surface area (TPSA) is 60.5 Å². The molecule has 0 radical (unpaired) electrons. The lowest BCUT2D eigenvalue weighted by molar-refractivity contribution is 0.236. The molecule has 0 spiro atoms. The third-order valence-electron chi connectivity index (χ3n) is 5.53. The van der Waals surface area contributed by atoms with Gasteiger partial charge in [-0.15, -0.1) is 0 Å². The van der Waals surface area contributed by atoms with Gasteiger partial charge in [0, 0.05) is 38.9 Å². The summed E-state index contributed by atoms with van der Waals surface area (Å²) in [4.78, 5) is 21.5. The number of hydrogen-bond donors (Lipinski definition) is 2. The maximum atomic E-state index is 12.3. The molecule has 1 aromatic heterocycles. The second-order valence-corrected chi connectivity index (χ2v) is 7.43. The van der Waals surface area contributed by atoms with E-state index in [1.807, 2.05) is 24.4 Å². The summed E-state index contributed by atoms with van der Waals surface area (Å²) in [7, 11) is 2.15. The van der Waals surface area contributed by atoms with Gasteiger partial charge in [-0.2, -0.15) is 0 Å². The summed E-state index contributed by atoms with van der Waals surface area (Å²) in [6.45, 7) is 4.62. The van der Waals surface area contributed by atoms with E-state index in [9.17, 15) is 4.79 Å². The van der Waals surface area contributed by atoms with Gasteiger partial charge in [0.1, 0.15) is 5.82 Å². The highest BCUT2D eigenvalue weighted by Gasteiger charge is 2.23. The van der Waals surface area contributed by atoms with Crippen molar-refractivity contribution in [2.75, 3.05) is 38.1 Å². The van der Waals surface area contributed by atoms with E-state index < -0.39 is 0 Å². The average molecular weight is 365 g/mol. The molecule has 0 saturated carbocycles. The molecule has 142 valence electrons. The molecule has 1 fully saturated rings. The van der Waals surface area contributed by atoms with Gasteiger partial charge in [-0.3, -0.25) is 0 Å². The smallest absolute Gasteiger partial charge is 0.315 e. The number of benzene rings is 1. The summed E-state index contributed by atoms with van der Waals surface area (Å²) in [6.07, 6.45) is 3.85. The van der Waals surface area contributed by atoms with Crippen molar-refractivity contribution < 1.29 is 4.79 Å². The van der Waals surface area contributed by atoms with Crippen molar-refractivity contribution >= 4 is 11.8 Å². The summed E-state index contributed by atoms with van der Waals surface area (Å²) >= 11 is 0. The van der Waals surface area contributed by atoms with E-state index in [1.54, 1.807) is 0 Å². The molecule has 1 unspecified atom stereocenters. The van der Waals surface area contributed by atoms with Gasteiger partial charge in [-0.05, 0) is 42.6 Å². The number of carbonyl (C=O) groups is 1. The van der Waals surface area contributed by atoms with Gasteiger partial charge in [0.05, 0.1) is 6.04 Å². The number of nitrogens with one attached hydrogen (secondary N) is 2. The first-order valence-electron chi connectivity index (χ1n) is 9.69. The van der Waals surface area contributed by atoms with Crippen molar-refractivity contribution in [3.63, 3.8) is 0 Å². The number of aromatic nitrogens is 1. The van der Waals surface area contributed by atoms with E-state index in [0.717, 1.165) is 50.4 Å². The molecule has 27 heavy (non-hydrogen) atoms. The number of amides is 2. The van der Waals surface area contributed by atoms with Gasteiger partial charge in [-0.25, -0.2) is 9.78 Å². The Morgan fingerprint density at radius 3 is 2.74 bits per heavy atom. The van der Waals surface area contributed by atoms with E-state index in [-0.39, 0.29) is 12.1 Å². The fourth-order valence-electron chi connectivity index (χ4n) is 3.84. The van der Waals surface area contributed by atoms with Crippen LogP contribution >= 0.6 is 0 Å². The molecule has 2 aliphatic rings. The summed E-state index contributed by atoms with van der Waals surface area (Å²) in [5.41, 5.74) is 3.59. The van der Waals surface area contributed by atoms with Crippen LogP contribution in [0.1, 0.15) is 29.2 Å². The first-order valence-corrected chi connectivity index (χ1v) is 9.69. The lowest BCUT2D eigenvalue weighted by Crippen LogP contribution is -2.44. The van der Waals surface area contributed by atoms with Crippen LogP contribution in [0.2, 0.25) is 0 Å². The molecule has 6 nitrogen and oxygen atoms in total. The van der Waals surface area contributed by atoms with Gasteiger partial charge in [-0.1, -0.05) is 30.3 Å². The minimum absolute atomic E-state index is 0.110. The SMILES string of the molecule is CN1CCN(c2ccc(CNC(=O)NC3CCc4ccccc43)cn2)CC1. The zero-order valence-electron chi connectivity index (χ0n) is 15.8. The van der Waals surface area contributed by atoms with Gasteiger partial charge >= 0.3 is 6.03 Å². The number of anilines is 1. The summed E-state index contributed by atoms with van der Waals surface area (Å²) in [5.74, 6) is 1.01. The van der Waals surface area contributed by atoms with E-state index in [4.69, 9.17) is 0 Å². The fourth-order valence-corrected chi connectivity index (χ4v) is 3.84. The normalized spacial score (nSPS) is 19.6. The first kappa shape index (κ1) is 17.8. The zero-order chi connectivity index (χ0) is 18.6. The number of pyridine rings is 1. The van der Waals surface area contributed by atoms with Crippen LogP contribution in [0.15, 0.2) is 42.6 Å². The third-order valence-corrected chi connectivity index (χ3v) is 5.53. The van der Waals surface area contributed by atoms with Crippen molar-refractivity contribution in [3.8, 4) is 0 Å². The van der Waals surface area contributed by atoms with Crippen LogP contribution < -0.4 is 15.5 Å². The Balaban J connectivity index is 1.27. The van der Waals surface area contributed by atoms with Crippen LogP contribution in [-0.4, -0.2) is 49.1 Å². The number of aryl methyl sites for hydroxylation is 1. The van der Waals surface area contributed by atoms with Gasteiger partial charge in [0.2, 0.25) is 0 Å². The minimum Gasteiger partial charge on any atom is -0.354 e. The highest BCUT2D eigenvalue weighted by molar-refractivity contribution is 5.74. The average Bonchev–Trinajstić information content (AvgIpc) is 3.10. The number of piperazine rings is 1. The molecular formula is C21H27N5O. The number of likely N-dealkylation sites (N-methyl/N-ethyl adjacent to an activating group) is 1. The molecule has 1 aliphatic heterocycles. The molecule has 2 heterocycles. The Morgan fingerprint density at radius 1 is 1.15 bits per heavy atom. The molecule has 2 amide bonds. The van der Waals surface area contributed by atoms with Crippen molar-refractivity contribution in [3.05, 3.63) is 59.3 Å². The van der Waals surface area contributed by atoms with Gasteiger partial charge < -0.3 is 20.4 Å². The molecule has 4 rings (SSSR count). The largest absolute Gasteiger partial charge is 0.354 e. The van der Waals surface area contributed by atoms with Crippen molar-refractivity contribution in [1.29, 1.82) is 0 Å². The Hall–Kier alpha value is -2.60. The van der Waals surface area contributed by atoms with Crippen molar-refractivity contribution in [1.82, 2.24) is 20.5 Å². The number of urea groups is 1. The number of rotatable bonds is 4. The number of hydrogen-bond acceptors (Lipinski definition) is 4. The first-order chi connectivity index (χ1) is 13.2. The lowest BCUT2D eigenvalue weighted by atomic mass is 10.1. The second-order valence-electron chi connectivity index (χ2n) is 7.43. The van der Waals surface area contributed by atoms with E-state index in [0.29, 0.717) is 6.54 Å². The summed E-state index contributed by atoms with van der Waals surface area (Å²) in [6, 6.07) is 12.4. The molecule has 1 saturated heterocycles. The monoisotopic (exact) mass is 365 g/mol. The maximum Gasteiger partial charge on any atom is 0.315 e. The van der Waals surface area contributed by atoms with Crippen LogP contribution in [0.25, 0.3) is 0 Å². The standard InChI is InChI=1S/C21H27N5O/c1-25-10-12-26(13-11-25)20-9-6-16(14-22-20)15-23-21(27)24-19-8-7-17-4-2-3-5-18(17)19/h2-6,9,14,19H,7-8,10-13,15H2,1H3,(H2,23,24,27). The van der Waals surface area contributed by atoms with Crippen molar-refractivity contribution in [2.45, 2.75) is 25.4 Å². The second kappa shape index (κ2) is 7.96. The van der Waals surface area contributed by atoms with Crippen molar-refractivity contribution in [2.24, 2.45) is 0 Å². The quantitative estimate of drug-likeness (QED) is 0.873. The van der Waals surface area contributed by atoms with E-state index in [2.05, 4.69) is 50.7 Å². The molecule has 1 aromatic carbocycles. The lowest BCUT2D eigenvalue weighted by Gasteiger charge is -2.33. The van der Waals surface area contributed by atoms with Crippen LogP contribution in [0.3, 0.4) is 0 Å². The van der Waals surface area contributed by atoms with E-state index in [1.165, 1.54) is 11.1 Å². The molecule has 1 aliphatic carbocycles. The predicted octanol–water partition coefficient (Wildman–Crippen LogP) is 2.32. The number of nitrogens with zero attached hydrogens (tertiary/aromatic N) is 3. The van der Waals surface area contributed by atoms with Crippen LogP contribution in [0.5, 0.6) is 0 Å². The zero-order valence-corrected chi connectivity index (χ0v) is 15.8. The molecule has 2 N–H and O–H groups in total. The Morgan fingerprint density at radius 2 is 1.96 bits per heavy atom. The minimum atomic E-state index is -0.125. The Labute approximate surface area is 160 Å². The Bertz CT molecular complexity index is 783.